The van der Waals surface area contributed by atoms with Crippen molar-refractivity contribution >= 4 is 29.2 Å². The quantitative estimate of drug-likeness (QED) is 0.854. The second kappa shape index (κ2) is 8.53. The Morgan fingerprint density at radius 1 is 1.08 bits per heavy atom. The van der Waals surface area contributed by atoms with Crippen LogP contribution < -0.4 is 10.6 Å². The minimum atomic E-state index is -0.358. The normalized spacial score (nSPS) is 10.2. The molecular formula is C19H22ClN3O2. The SMILES string of the molecule is Cc1ccc(CCNC(=O)Nc2cc(C(=O)N(C)C)ccc2Cl)cc1. The molecule has 2 rings (SSSR count). The molecule has 0 radical (unpaired) electrons. The minimum Gasteiger partial charge on any atom is -0.345 e. The summed E-state index contributed by atoms with van der Waals surface area (Å²) in [6.45, 7) is 2.54. The number of aryl methyl sites for hydroxylation is 1. The van der Waals surface area contributed by atoms with Crippen molar-refractivity contribution in [2.24, 2.45) is 0 Å². The van der Waals surface area contributed by atoms with Crippen molar-refractivity contribution in [1.82, 2.24) is 10.2 Å². The first-order valence-electron chi connectivity index (χ1n) is 7.98. The molecule has 0 aromatic heterocycles. The van der Waals surface area contributed by atoms with E-state index in [1.165, 1.54) is 10.5 Å². The summed E-state index contributed by atoms with van der Waals surface area (Å²) in [5.41, 5.74) is 3.23. The molecule has 0 aliphatic rings. The van der Waals surface area contributed by atoms with Gasteiger partial charge in [-0.3, -0.25) is 4.79 Å². The van der Waals surface area contributed by atoms with Crippen LogP contribution in [0, 0.1) is 6.92 Å². The Hall–Kier alpha value is -2.53. The van der Waals surface area contributed by atoms with Crippen LogP contribution in [0.3, 0.4) is 0 Å². The van der Waals surface area contributed by atoms with Crippen LogP contribution >= 0.6 is 11.6 Å². The van der Waals surface area contributed by atoms with Crippen molar-refractivity contribution in [3.05, 3.63) is 64.2 Å². The van der Waals surface area contributed by atoms with Gasteiger partial charge < -0.3 is 15.5 Å². The van der Waals surface area contributed by atoms with Gasteiger partial charge in [0.05, 0.1) is 10.7 Å². The Bertz CT molecular complexity index is 758. The molecule has 0 aliphatic carbocycles. The van der Waals surface area contributed by atoms with Crippen molar-refractivity contribution in [1.29, 1.82) is 0 Å². The first-order chi connectivity index (χ1) is 11.9. The number of amides is 3. The molecule has 0 heterocycles. The molecule has 0 spiro atoms. The lowest BCUT2D eigenvalue weighted by Crippen LogP contribution is -2.30. The molecule has 3 amide bonds. The number of rotatable bonds is 5. The van der Waals surface area contributed by atoms with Gasteiger partial charge in [0.2, 0.25) is 0 Å². The molecule has 2 N–H and O–H groups in total. The van der Waals surface area contributed by atoms with Gasteiger partial charge in [-0.15, -0.1) is 0 Å². The van der Waals surface area contributed by atoms with Crippen LogP contribution in [-0.4, -0.2) is 37.5 Å². The summed E-state index contributed by atoms with van der Waals surface area (Å²) >= 11 is 6.10. The zero-order valence-electron chi connectivity index (χ0n) is 14.6. The van der Waals surface area contributed by atoms with Gasteiger partial charge in [-0.25, -0.2) is 4.79 Å². The van der Waals surface area contributed by atoms with E-state index in [2.05, 4.69) is 10.6 Å². The van der Waals surface area contributed by atoms with Crippen LogP contribution in [0.25, 0.3) is 0 Å². The number of halogens is 1. The van der Waals surface area contributed by atoms with Crippen LogP contribution in [0.2, 0.25) is 5.02 Å². The predicted octanol–water partition coefficient (Wildman–Crippen LogP) is 3.71. The standard InChI is InChI=1S/C19H22ClN3O2/c1-13-4-6-14(7-5-13)10-11-21-19(25)22-17-12-15(8-9-16(17)20)18(24)23(2)3/h4-9,12H,10-11H2,1-3H3,(H2,21,22,25). The van der Waals surface area contributed by atoms with Gasteiger partial charge >= 0.3 is 6.03 Å². The third-order valence-corrected chi connectivity index (χ3v) is 4.02. The molecule has 0 fully saturated rings. The predicted molar refractivity (Wildman–Crippen MR) is 101 cm³/mol. The van der Waals surface area contributed by atoms with E-state index in [9.17, 15) is 9.59 Å². The van der Waals surface area contributed by atoms with E-state index in [0.717, 1.165) is 12.0 Å². The first kappa shape index (κ1) is 18.8. The molecular weight excluding hydrogens is 338 g/mol. The van der Waals surface area contributed by atoms with E-state index in [0.29, 0.717) is 22.8 Å². The summed E-state index contributed by atoms with van der Waals surface area (Å²) in [4.78, 5) is 25.5. The molecule has 0 saturated heterocycles. The summed E-state index contributed by atoms with van der Waals surface area (Å²) in [6.07, 6.45) is 0.737. The number of nitrogens with one attached hydrogen (secondary N) is 2. The van der Waals surface area contributed by atoms with Crippen LogP contribution in [0.15, 0.2) is 42.5 Å². The van der Waals surface area contributed by atoms with E-state index in [4.69, 9.17) is 11.6 Å². The number of hydrogen-bond donors (Lipinski definition) is 2. The zero-order chi connectivity index (χ0) is 18.4. The fourth-order valence-corrected chi connectivity index (χ4v) is 2.42. The Kier molecular flexibility index (Phi) is 6.42. The summed E-state index contributed by atoms with van der Waals surface area (Å²) in [7, 11) is 3.34. The lowest BCUT2D eigenvalue weighted by Gasteiger charge is -2.13. The van der Waals surface area contributed by atoms with E-state index < -0.39 is 0 Å². The second-order valence-electron chi connectivity index (χ2n) is 6.01. The number of hydrogen-bond acceptors (Lipinski definition) is 2. The van der Waals surface area contributed by atoms with Crippen molar-refractivity contribution < 1.29 is 9.59 Å². The highest BCUT2D eigenvalue weighted by Crippen LogP contribution is 2.23. The molecule has 25 heavy (non-hydrogen) atoms. The lowest BCUT2D eigenvalue weighted by molar-refractivity contribution is 0.0827. The maximum Gasteiger partial charge on any atom is 0.319 e. The highest BCUT2D eigenvalue weighted by atomic mass is 35.5. The van der Waals surface area contributed by atoms with E-state index in [-0.39, 0.29) is 11.9 Å². The summed E-state index contributed by atoms with van der Waals surface area (Å²) in [5, 5.41) is 5.85. The molecule has 2 aromatic carbocycles. The summed E-state index contributed by atoms with van der Waals surface area (Å²) in [6, 6.07) is 12.6. The molecule has 0 atom stereocenters. The van der Waals surface area contributed by atoms with Gasteiger partial charge in [-0.05, 0) is 37.1 Å². The average Bonchev–Trinajstić information content (AvgIpc) is 2.58. The first-order valence-corrected chi connectivity index (χ1v) is 8.36. The van der Waals surface area contributed by atoms with Crippen LogP contribution in [0.4, 0.5) is 10.5 Å². The third kappa shape index (κ3) is 5.50. The van der Waals surface area contributed by atoms with E-state index in [1.807, 2.05) is 31.2 Å². The number of carbonyl (C=O) groups is 2. The molecule has 6 heteroatoms. The van der Waals surface area contributed by atoms with Crippen molar-refractivity contribution in [3.63, 3.8) is 0 Å². The molecule has 2 aromatic rings. The van der Waals surface area contributed by atoms with Crippen molar-refractivity contribution in [2.45, 2.75) is 13.3 Å². The molecule has 0 aliphatic heterocycles. The minimum absolute atomic E-state index is 0.153. The van der Waals surface area contributed by atoms with Crippen LogP contribution in [0.1, 0.15) is 21.5 Å². The average molecular weight is 360 g/mol. The molecule has 0 unspecified atom stereocenters. The molecule has 5 nitrogen and oxygen atoms in total. The third-order valence-electron chi connectivity index (χ3n) is 3.69. The maximum absolute atomic E-state index is 12.0. The maximum atomic E-state index is 12.0. The largest absolute Gasteiger partial charge is 0.345 e. The molecule has 0 saturated carbocycles. The van der Waals surface area contributed by atoms with Crippen LogP contribution in [-0.2, 0) is 6.42 Å². The van der Waals surface area contributed by atoms with Gasteiger partial charge in [-0.2, -0.15) is 0 Å². The molecule has 0 bridgehead atoms. The Morgan fingerprint density at radius 3 is 2.40 bits per heavy atom. The van der Waals surface area contributed by atoms with Gasteiger partial charge in [0.15, 0.2) is 0 Å². The lowest BCUT2D eigenvalue weighted by atomic mass is 10.1. The zero-order valence-corrected chi connectivity index (χ0v) is 15.4. The Labute approximate surface area is 153 Å². The highest BCUT2D eigenvalue weighted by molar-refractivity contribution is 6.33. The fourth-order valence-electron chi connectivity index (χ4n) is 2.25. The fraction of sp³-hybridized carbons (Fsp3) is 0.263. The van der Waals surface area contributed by atoms with Gasteiger partial charge in [0.25, 0.3) is 5.91 Å². The number of nitrogens with zero attached hydrogens (tertiary/aromatic N) is 1. The number of urea groups is 1. The Morgan fingerprint density at radius 2 is 1.76 bits per heavy atom. The number of anilines is 1. The van der Waals surface area contributed by atoms with Gasteiger partial charge in [0, 0.05) is 26.2 Å². The number of benzene rings is 2. The van der Waals surface area contributed by atoms with Crippen LogP contribution in [0.5, 0.6) is 0 Å². The smallest absolute Gasteiger partial charge is 0.319 e. The Balaban J connectivity index is 1.92. The van der Waals surface area contributed by atoms with E-state index in [1.54, 1.807) is 32.3 Å². The second-order valence-corrected chi connectivity index (χ2v) is 6.42. The summed E-state index contributed by atoms with van der Waals surface area (Å²) < 4.78 is 0. The van der Waals surface area contributed by atoms with Gasteiger partial charge in [0.1, 0.15) is 0 Å². The topological polar surface area (TPSA) is 61.4 Å². The number of carbonyl (C=O) groups excluding carboxylic acids is 2. The molecule has 132 valence electrons. The van der Waals surface area contributed by atoms with Crippen molar-refractivity contribution in [3.8, 4) is 0 Å². The van der Waals surface area contributed by atoms with Crippen molar-refractivity contribution in [2.75, 3.05) is 26.0 Å². The van der Waals surface area contributed by atoms with Gasteiger partial charge in [-0.1, -0.05) is 41.4 Å². The highest BCUT2D eigenvalue weighted by Gasteiger charge is 2.12. The van der Waals surface area contributed by atoms with E-state index >= 15 is 0 Å². The summed E-state index contributed by atoms with van der Waals surface area (Å²) in [5.74, 6) is -0.153. The monoisotopic (exact) mass is 359 g/mol.